The smallest absolute Gasteiger partial charge is 0.0988 e. The van der Waals surface area contributed by atoms with E-state index in [4.69, 9.17) is 0 Å². The van der Waals surface area contributed by atoms with Gasteiger partial charge in [-0.3, -0.25) is 0 Å². The zero-order valence-electron chi connectivity index (χ0n) is 7.99. The standard InChI is InChI=1S/C8H10O6S2/c9-15(10,11)5-7-1-2-8(4-3-7)6-16(12,13)14/h1-4H,5-6H2,(H,9,10,11)(H,12,13,14)/p-2. The first-order valence-electron chi connectivity index (χ1n) is 4.11. The van der Waals surface area contributed by atoms with Crippen molar-refractivity contribution >= 4 is 20.2 Å². The average Bonchev–Trinajstić information content (AvgIpc) is 2.03. The van der Waals surface area contributed by atoms with Crippen LogP contribution in [0.15, 0.2) is 24.3 Å². The number of rotatable bonds is 4. The molecule has 0 aliphatic carbocycles. The summed E-state index contributed by atoms with van der Waals surface area (Å²) in [6, 6.07) is 5.21. The molecule has 0 N–H and O–H groups in total. The van der Waals surface area contributed by atoms with E-state index < -0.39 is 31.7 Å². The summed E-state index contributed by atoms with van der Waals surface area (Å²) >= 11 is 0. The van der Waals surface area contributed by atoms with Gasteiger partial charge in [0.1, 0.15) is 0 Å². The fourth-order valence-corrected chi connectivity index (χ4v) is 2.34. The largest absolute Gasteiger partial charge is 0.748 e. The van der Waals surface area contributed by atoms with Crippen molar-refractivity contribution in [1.29, 1.82) is 0 Å². The van der Waals surface area contributed by atoms with Gasteiger partial charge in [-0.1, -0.05) is 24.3 Å². The Hall–Kier alpha value is -0.960. The fourth-order valence-electron chi connectivity index (χ4n) is 1.14. The molecule has 0 aliphatic heterocycles. The minimum absolute atomic E-state index is 0.252. The Morgan fingerprint density at radius 3 is 1.19 bits per heavy atom. The van der Waals surface area contributed by atoms with E-state index in [1.807, 2.05) is 0 Å². The molecule has 0 saturated heterocycles. The molecule has 0 aliphatic rings. The molecule has 1 rings (SSSR count). The molecule has 0 heterocycles. The van der Waals surface area contributed by atoms with Crippen LogP contribution in [-0.2, 0) is 31.7 Å². The van der Waals surface area contributed by atoms with Gasteiger partial charge < -0.3 is 9.11 Å². The van der Waals surface area contributed by atoms with Crippen LogP contribution in [0.1, 0.15) is 11.1 Å². The normalized spacial score (nSPS) is 12.6. The summed E-state index contributed by atoms with van der Waals surface area (Å²) in [5, 5.41) is 0. The summed E-state index contributed by atoms with van der Waals surface area (Å²) < 4.78 is 62.5. The van der Waals surface area contributed by atoms with Crippen LogP contribution in [-0.4, -0.2) is 25.9 Å². The lowest BCUT2D eigenvalue weighted by Gasteiger charge is -2.09. The second-order valence-corrected chi connectivity index (χ2v) is 6.03. The Labute approximate surface area is 93.4 Å². The lowest BCUT2D eigenvalue weighted by atomic mass is 10.2. The van der Waals surface area contributed by atoms with Crippen LogP contribution in [0.2, 0.25) is 0 Å². The molecule has 0 spiro atoms. The van der Waals surface area contributed by atoms with E-state index in [9.17, 15) is 25.9 Å². The van der Waals surface area contributed by atoms with E-state index in [-0.39, 0.29) is 11.1 Å². The van der Waals surface area contributed by atoms with Gasteiger partial charge in [-0.2, -0.15) is 0 Å². The molecule has 0 amide bonds. The molecule has 0 fully saturated rings. The van der Waals surface area contributed by atoms with Crippen LogP contribution in [0, 0.1) is 0 Å². The van der Waals surface area contributed by atoms with E-state index in [1.54, 1.807) is 0 Å². The Morgan fingerprint density at radius 1 is 0.750 bits per heavy atom. The van der Waals surface area contributed by atoms with Crippen molar-refractivity contribution < 1.29 is 25.9 Å². The van der Waals surface area contributed by atoms with E-state index in [1.165, 1.54) is 24.3 Å². The summed E-state index contributed by atoms with van der Waals surface area (Å²) in [5.74, 6) is -1.31. The summed E-state index contributed by atoms with van der Waals surface area (Å²) in [7, 11) is -8.71. The highest BCUT2D eigenvalue weighted by atomic mass is 32.2. The zero-order chi connectivity index (χ0) is 12.4. The molecule has 0 saturated carbocycles. The Morgan fingerprint density at radius 2 is 1.00 bits per heavy atom. The van der Waals surface area contributed by atoms with Gasteiger partial charge in [0, 0.05) is 0 Å². The van der Waals surface area contributed by atoms with Crippen molar-refractivity contribution in [1.82, 2.24) is 0 Å². The van der Waals surface area contributed by atoms with Crippen molar-refractivity contribution in [3.63, 3.8) is 0 Å². The topological polar surface area (TPSA) is 114 Å². The van der Waals surface area contributed by atoms with Crippen LogP contribution in [0.3, 0.4) is 0 Å². The quantitative estimate of drug-likeness (QED) is 0.694. The molecule has 90 valence electrons. The Balaban J connectivity index is 2.84. The molecule has 0 bridgehead atoms. The third kappa shape index (κ3) is 5.21. The summed E-state index contributed by atoms with van der Waals surface area (Å²) in [6.45, 7) is 0. The number of hydrogen-bond donors (Lipinski definition) is 0. The highest BCUT2D eigenvalue weighted by Gasteiger charge is 2.02. The van der Waals surface area contributed by atoms with E-state index in [2.05, 4.69) is 0 Å². The second-order valence-electron chi connectivity index (χ2n) is 3.22. The molecular weight excluding hydrogens is 256 g/mol. The van der Waals surface area contributed by atoms with Crippen molar-refractivity contribution in [3.05, 3.63) is 35.4 Å². The van der Waals surface area contributed by atoms with Gasteiger partial charge in [-0.25, -0.2) is 16.8 Å². The van der Waals surface area contributed by atoms with Gasteiger partial charge in [0.25, 0.3) is 0 Å². The lowest BCUT2D eigenvalue weighted by Crippen LogP contribution is -2.04. The van der Waals surface area contributed by atoms with Gasteiger partial charge in [0.15, 0.2) is 0 Å². The van der Waals surface area contributed by atoms with Gasteiger partial charge in [0.2, 0.25) is 0 Å². The van der Waals surface area contributed by atoms with Gasteiger partial charge in [-0.15, -0.1) is 0 Å². The molecule has 16 heavy (non-hydrogen) atoms. The molecule has 0 aromatic heterocycles. The van der Waals surface area contributed by atoms with E-state index in [0.29, 0.717) is 0 Å². The van der Waals surface area contributed by atoms with Crippen molar-refractivity contribution in [2.24, 2.45) is 0 Å². The van der Waals surface area contributed by atoms with Gasteiger partial charge >= 0.3 is 0 Å². The van der Waals surface area contributed by atoms with Crippen LogP contribution < -0.4 is 0 Å². The fraction of sp³-hybridized carbons (Fsp3) is 0.250. The SMILES string of the molecule is O=S(=O)([O-])Cc1ccc(CS(=O)(=O)[O-])cc1. The van der Waals surface area contributed by atoms with Crippen molar-refractivity contribution in [2.45, 2.75) is 11.5 Å². The minimum Gasteiger partial charge on any atom is -0.748 e. The lowest BCUT2D eigenvalue weighted by molar-refractivity contribution is 0.459. The summed E-state index contributed by atoms with van der Waals surface area (Å²) in [4.78, 5) is 0. The Bertz CT molecular complexity index is 502. The van der Waals surface area contributed by atoms with Crippen molar-refractivity contribution in [2.75, 3.05) is 0 Å². The third-order valence-electron chi connectivity index (χ3n) is 1.71. The van der Waals surface area contributed by atoms with E-state index >= 15 is 0 Å². The predicted molar refractivity (Wildman–Crippen MR) is 53.2 cm³/mol. The average molecular weight is 264 g/mol. The Kier molecular flexibility index (Phi) is 3.68. The van der Waals surface area contributed by atoms with Crippen LogP contribution in [0.25, 0.3) is 0 Å². The first-order chi connectivity index (χ1) is 7.16. The predicted octanol–water partition coefficient (Wildman–Crippen LogP) is -0.223. The minimum atomic E-state index is -4.36. The maximum absolute atomic E-state index is 10.4. The van der Waals surface area contributed by atoms with Crippen molar-refractivity contribution in [3.8, 4) is 0 Å². The third-order valence-corrected chi connectivity index (χ3v) is 3.08. The number of benzene rings is 1. The maximum Gasteiger partial charge on any atom is 0.0988 e. The van der Waals surface area contributed by atoms with Crippen LogP contribution in [0.5, 0.6) is 0 Å². The molecule has 0 unspecified atom stereocenters. The number of hydrogen-bond acceptors (Lipinski definition) is 6. The molecular formula is C8H8O6S2-2. The molecule has 1 aromatic rings. The highest BCUT2D eigenvalue weighted by molar-refractivity contribution is 7.85. The molecule has 0 radical (unpaired) electrons. The van der Waals surface area contributed by atoms with Gasteiger partial charge in [0.05, 0.1) is 31.7 Å². The van der Waals surface area contributed by atoms with E-state index in [0.717, 1.165) is 0 Å². The second kappa shape index (κ2) is 4.50. The molecule has 6 nitrogen and oxygen atoms in total. The first kappa shape index (κ1) is 13.1. The van der Waals surface area contributed by atoms with Crippen LogP contribution in [0.4, 0.5) is 0 Å². The molecule has 0 atom stereocenters. The summed E-state index contributed by atoms with van der Waals surface area (Å²) in [6.07, 6.45) is 0. The zero-order valence-corrected chi connectivity index (χ0v) is 9.62. The highest BCUT2D eigenvalue weighted by Crippen LogP contribution is 2.09. The summed E-state index contributed by atoms with van der Waals surface area (Å²) in [5.41, 5.74) is 0.504. The molecule has 1 aromatic carbocycles. The van der Waals surface area contributed by atoms with Crippen LogP contribution >= 0.6 is 0 Å². The van der Waals surface area contributed by atoms with Gasteiger partial charge in [-0.05, 0) is 11.1 Å². The monoisotopic (exact) mass is 264 g/mol. The first-order valence-corrected chi connectivity index (χ1v) is 7.26. The maximum atomic E-state index is 10.4. The molecule has 8 heteroatoms.